The Morgan fingerprint density at radius 2 is 1.85 bits per heavy atom. The Morgan fingerprint density at radius 1 is 1.12 bits per heavy atom. The summed E-state index contributed by atoms with van der Waals surface area (Å²) < 4.78 is 15.7. The van der Waals surface area contributed by atoms with Crippen LogP contribution in [-0.2, 0) is 4.79 Å². The zero-order valence-corrected chi connectivity index (χ0v) is 15.1. The molecule has 2 aromatic rings. The van der Waals surface area contributed by atoms with E-state index in [1.807, 2.05) is 6.92 Å². The second kappa shape index (κ2) is 8.70. The zero-order chi connectivity index (χ0) is 19.1. The van der Waals surface area contributed by atoms with Gasteiger partial charge in [0.1, 0.15) is 17.2 Å². The van der Waals surface area contributed by atoms with Crippen LogP contribution in [0, 0.1) is 6.92 Å². The van der Waals surface area contributed by atoms with Crippen molar-refractivity contribution >= 4 is 17.5 Å². The smallest absolute Gasteiger partial charge is 0.259 e. The van der Waals surface area contributed by atoms with Gasteiger partial charge in [-0.1, -0.05) is 0 Å². The molecule has 8 heteroatoms. The number of nitrogens with zero attached hydrogens (tertiary/aromatic N) is 1. The van der Waals surface area contributed by atoms with Crippen LogP contribution in [0.4, 0.5) is 0 Å². The van der Waals surface area contributed by atoms with Gasteiger partial charge in [0.25, 0.3) is 11.8 Å². The van der Waals surface area contributed by atoms with E-state index in [-0.39, 0.29) is 6.54 Å². The summed E-state index contributed by atoms with van der Waals surface area (Å²) in [5.74, 6) is 1.39. The fourth-order valence-corrected chi connectivity index (χ4v) is 2.11. The lowest BCUT2D eigenvalue weighted by Gasteiger charge is -2.09. The molecule has 1 aromatic heterocycles. The van der Waals surface area contributed by atoms with Gasteiger partial charge in [-0.25, -0.2) is 5.43 Å². The average molecular weight is 359 g/mol. The minimum absolute atomic E-state index is 0.221. The highest BCUT2D eigenvalue weighted by molar-refractivity contribution is 5.98. The van der Waals surface area contributed by atoms with E-state index < -0.39 is 11.8 Å². The van der Waals surface area contributed by atoms with Gasteiger partial charge < -0.3 is 19.2 Å². The molecule has 0 atom stereocenters. The van der Waals surface area contributed by atoms with Gasteiger partial charge >= 0.3 is 0 Å². The first-order valence-corrected chi connectivity index (χ1v) is 7.84. The van der Waals surface area contributed by atoms with Gasteiger partial charge in [0, 0.05) is 5.56 Å². The van der Waals surface area contributed by atoms with E-state index in [2.05, 4.69) is 15.8 Å². The van der Waals surface area contributed by atoms with Gasteiger partial charge in [-0.2, -0.15) is 5.10 Å². The number of nitrogens with one attached hydrogen (secondary N) is 2. The first kappa shape index (κ1) is 19.0. The highest BCUT2D eigenvalue weighted by Gasteiger charge is 2.12. The van der Waals surface area contributed by atoms with Crippen LogP contribution in [0.25, 0.3) is 0 Å². The van der Waals surface area contributed by atoms with Crippen LogP contribution in [0.1, 0.15) is 28.8 Å². The first-order valence-electron chi connectivity index (χ1n) is 7.84. The molecule has 0 unspecified atom stereocenters. The molecule has 1 heterocycles. The van der Waals surface area contributed by atoms with Crippen LogP contribution in [0.15, 0.2) is 39.9 Å². The van der Waals surface area contributed by atoms with Crippen LogP contribution >= 0.6 is 0 Å². The van der Waals surface area contributed by atoms with Crippen molar-refractivity contribution in [1.29, 1.82) is 0 Å². The van der Waals surface area contributed by atoms with Crippen molar-refractivity contribution in [2.75, 3.05) is 20.8 Å². The Balaban J connectivity index is 1.89. The SMILES string of the molecule is COc1ccc(C(=O)NCC(=O)N/N=C(/C)c2ccc(C)o2)cc1OC. The lowest BCUT2D eigenvalue weighted by molar-refractivity contribution is -0.120. The number of hydrogen-bond acceptors (Lipinski definition) is 6. The predicted octanol–water partition coefficient (Wildman–Crippen LogP) is 1.88. The lowest BCUT2D eigenvalue weighted by atomic mass is 10.2. The predicted molar refractivity (Wildman–Crippen MR) is 95.7 cm³/mol. The number of amides is 2. The zero-order valence-electron chi connectivity index (χ0n) is 15.1. The number of carbonyl (C=O) groups excluding carboxylic acids is 2. The van der Waals surface area contributed by atoms with Crippen LogP contribution < -0.4 is 20.2 Å². The molecule has 0 spiro atoms. The van der Waals surface area contributed by atoms with Crippen molar-refractivity contribution in [3.05, 3.63) is 47.4 Å². The lowest BCUT2D eigenvalue weighted by Crippen LogP contribution is -2.35. The van der Waals surface area contributed by atoms with Crippen molar-refractivity contribution in [1.82, 2.24) is 10.7 Å². The summed E-state index contributed by atoms with van der Waals surface area (Å²) in [5.41, 5.74) is 3.24. The second-order valence-corrected chi connectivity index (χ2v) is 5.39. The third-order valence-corrected chi connectivity index (χ3v) is 3.50. The molecule has 2 N–H and O–H groups in total. The van der Waals surface area contributed by atoms with Crippen LogP contribution in [0.3, 0.4) is 0 Å². The maximum atomic E-state index is 12.1. The van der Waals surface area contributed by atoms with E-state index in [4.69, 9.17) is 13.9 Å². The van der Waals surface area contributed by atoms with Crippen molar-refractivity contribution in [3.63, 3.8) is 0 Å². The monoisotopic (exact) mass is 359 g/mol. The fourth-order valence-electron chi connectivity index (χ4n) is 2.11. The molecule has 0 radical (unpaired) electrons. The molecular weight excluding hydrogens is 338 g/mol. The van der Waals surface area contributed by atoms with Crippen molar-refractivity contribution < 1.29 is 23.5 Å². The molecule has 0 fully saturated rings. The van der Waals surface area contributed by atoms with Crippen molar-refractivity contribution in [3.8, 4) is 11.5 Å². The maximum Gasteiger partial charge on any atom is 0.259 e. The molecule has 0 saturated carbocycles. The largest absolute Gasteiger partial charge is 0.493 e. The Labute approximate surface area is 151 Å². The Hall–Kier alpha value is -3.29. The second-order valence-electron chi connectivity index (χ2n) is 5.39. The topological polar surface area (TPSA) is 102 Å². The van der Waals surface area contributed by atoms with Crippen LogP contribution in [-0.4, -0.2) is 38.3 Å². The van der Waals surface area contributed by atoms with Crippen LogP contribution in [0.2, 0.25) is 0 Å². The van der Waals surface area contributed by atoms with Gasteiger partial charge in [0.2, 0.25) is 0 Å². The van der Waals surface area contributed by atoms with Crippen LogP contribution in [0.5, 0.6) is 11.5 Å². The third kappa shape index (κ3) is 4.85. The van der Waals surface area contributed by atoms with E-state index in [1.54, 1.807) is 31.2 Å². The number of rotatable bonds is 7. The molecular formula is C18H21N3O5. The quantitative estimate of drug-likeness (QED) is 0.580. The maximum absolute atomic E-state index is 12.1. The highest BCUT2D eigenvalue weighted by Crippen LogP contribution is 2.27. The number of methoxy groups -OCH3 is 2. The molecule has 2 amide bonds. The summed E-state index contributed by atoms with van der Waals surface area (Å²) in [6.07, 6.45) is 0. The molecule has 138 valence electrons. The molecule has 0 bridgehead atoms. The summed E-state index contributed by atoms with van der Waals surface area (Å²) >= 11 is 0. The van der Waals surface area contributed by atoms with Crippen molar-refractivity contribution in [2.45, 2.75) is 13.8 Å². The summed E-state index contributed by atoms with van der Waals surface area (Å²) in [7, 11) is 2.99. The number of hydrazone groups is 1. The molecule has 0 saturated heterocycles. The van der Waals surface area contributed by atoms with E-state index in [1.165, 1.54) is 20.3 Å². The molecule has 8 nitrogen and oxygen atoms in total. The van der Waals surface area contributed by atoms with Gasteiger partial charge in [-0.3, -0.25) is 9.59 Å². The molecule has 1 aromatic carbocycles. The molecule has 0 aliphatic rings. The summed E-state index contributed by atoms with van der Waals surface area (Å²) in [5, 5.41) is 6.46. The number of carbonyl (C=O) groups is 2. The summed E-state index contributed by atoms with van der Waals surface area (Å²) in [6, 6.07) is 8.30. The standard InChI is InChI=1S/C18H21N3O5/c1-11-5-7-14(26-11)12(2)20-21-17(22)10-19-18(23)13-6-8-15(24-3)16(9-13)25-4/h5-9H,10H2,1-4H3,(H,19,23)(H,21,22)/b20-12-. The third-order valence-electron chi connectivity index (χ3n) is 3.50. The summed E-state index contributed by atoms with van der Waals surface area (Å²) in [4.78, 5) is 24.0. The molecule has 0 aliphatic heterocycles. The van der Waals surface area contributed by atoms with E-state index in [9.17, 15) is 9.59 Å². The Kier molecular flexibility index (Phi) is 6.37. The van der Waals surface area contributed by atoms with E-state index >= 15 is 0 Å². The number of aryl methyl sites for hydroxylation is 1. The minimum atomic E-state index is -0.457. The van der Waals surface area contributed by atoms with Gasteiger partial charge in [0.05, 0.1) is 20.8 Å². The fraction of sp³-hybridized carbons (Fsp3) is 0.278. The first-order chi connectivity index (χ1) is 12.4. The minimum Gasteiger partial charge on any atom is -0.493 e. The molecule has 0 aliphatic carbocycles. The number of furan rings is 1. The number of benzene rings is 1. The number of hydrogen-bond donors (Lipinski definition) is 2. The van der Waals surface area contributed by atoms with E-state index in [0.717, 1.165) is 5.76 Å². The molecule has 2 rings (SSSR count). The van der Waals surface area contributed by atoms with Gasteiger partial charge in [-0.05, 0) is 44.2 Å². The summed E-state index contributed by atoms with van der Waals surface area (Å²) in [6.45, 7) is 3.31. The normalized spacial score (nSPS) is 11.0. The van der Waals surface area contributed by atoms with Crippen molar-refractivity contribution in [2.24, 2.45) is 5.10 Å². The number of ether oxygens (including phenoxy) is 2. The average Bonchev–Trinajstić information content (AvgIpc) is 3.09. The Bertz CT molecular complexity index is 826. The van der Waals surface area contributed by atoms with Gasteiger partial charge in [0.15, 0.2) is 11.5 Å². The Morgan fingerprint density at radius 3 is 2.46 bits per heavy atom. The molecule has 26 heavy (non-hydrogen) atoms. The van der Waals surface area contributed by atoms with E-state index in [0.29, 0.717) is 28.5 Å². The highest BCUT2D eigenvalue weighted by atomic mass is 16.5. The van der Waals surface area contributed by atoms with Gasteiger partial charge in [-0.15, -0.1) is 0 Å².